The number of carbonyl (C=O) groups excluding carboxylic acids is 2. The van der Waals surface area contributed by atoms with Crippen molar-refractivity contribution in [3.63, 3.8) is 0 Å². The highest BCUT2D eigenvalue weighted by atomic mass is 16.5. The molecule has 5 rings (SSSR count). The fourth-order valence-electron chi connectivity index (χ4n) is 4.91. The van der Waals surface area contributed by atoms with Gasteiger partial charge in [0.05, 0.1) is 43.0 Å². The molecule has 1 aliphatic heterocycles. The van der Waals surface area contributed by atoms with E-state index in [-0.39, 0.29) is 22.7 Å². The SMILES string of the molecule is COC(=O)C1=C(C(=O)OC)N(c2cc(C)c3oc(-c4ccc(C)cc4)nc3c2)C(N)=C(C#N)C1c1ccccc1. The van der Waals surface area contributed by atoms with Crippen molar-refractivity contribution in [2.24, 2.45) is 5.73 Å². The summed E-state index contributed by atoms with van der Waals surface area (Å²) in [5.74, 6) is -2.16. The highest BCUT2D eigenvalue weighted by Gasteiger charge is 2.43. The van der Waals surface area contributed by atoms with Crippen molar-refractivity contribution in [2.75, 3.05) is 19.1 Å². The Bertz CT molecular complexity index is 1740. The van der Waals surface area contributed by atoms with Gasteiger partial charge in [0.2, 0.25) is 5.89 Å². The van der Waals surface area contributed by atoms with E-state index in [1.807, 2.05) is 38.1 Å². The summed E-state index contributed by atoms with van der Waals surface area (Å²) < 4.78 is 16.3. The summed E-state index contributed by atoms with van der Waals surface area (Å²) in [5, 5.41) is 10.3. The first kappa shape index (κ1) is 26.3. The second-order valence-corrected chi connectivity index (χ2v) is 9.33. The van der Waals surface area contributed by atoms with E-state index in [0.29, 0.717) is 33.8 Å². The summed E-state index contributed by atoms with van der Waals surface area (Å²) in [6, 6.07) is 22.2. The van der Waals surface area contributed by atoms with Gasteiger partial charge in [-0.25, -0.2) is 14.6 Å². The predicted octanol–water partition coefficient (Wildman–Crippen LogP) is 5.01. The molecule has 1 aliphatic rings. The van der Waals surface area contributed by atoms with Gasteiger partial charge in [-0.05, 0) is 49.2 Å². The summed E-state index contributed by atoms with van der Waals surface area (Å²) in [6.45, 7) is 3.83. The van der Waals surface area contributed by atoms with E-state index in [1.54, 1.807) is 42.5 Å². The number of nitrogens with two attached hydrogens (primary N) is 1. The van der Waals surface area contributed by atoms with Crippen LogP contribution in [0.15, 0.2) is 93.8 Å². The third-order valence-corrected chi connectivity index (χ3v) is 6.83. The van der Waals surface area contributed by atoms with Gasteiger partial charge in [0.1, 0.15) is 17.0 Å². The number of hydrogen-bond acceptors (Lipinski definition) is 9. The van der Waals surface area contributed by atoms with Gasteiger partial charge in [0.25, 0.3) is 0 Å². The van der Waals surface area contributed by atoms with Gasteiger partial charge in [0.15, 0.2) is 5.58 Å². The number of oxazole rings is 1. The van der Waals surface area contributed by atoms with Crippen LogP contribution in [-0.2, 0) is 19.1 Å². The molecule has 200 valence electrons. The number of nitrogens with zero attached hydrogens (tertiary/aromatic N) is 3. The third-order valence-electron chi connectivity index (χ3n) is 6.83. The van der Waals surface area contributed by atoms with Crippen molar-refractivity contribution in [2.45, 2.75) is 19.8 Å². The molecule has 0 aliphatic carbocycles. The molecule has 3 aromatic carbocycles. The van der Waals surface area contributed by atoms with Crippen LogP contribution >= 0.6 is 0 Å². The number of benzene rings is 3. The Labute approximate surface area is 230 Å². The summed E-state index contributed by atoms with van der Waals surface area (Å²) >= 11 is 0. The molecular formula is C31H26N4O5. The minimum absolute atomic E-state index is 0.0228. The maximum Gasteiger partial charge on any atom is 0.355 e. The lowest BCUT2D eigenvalue weighted by Crippen LogP contribution is -2.40. The zero-order valence-electron chi connectivity index (χ0n) is 22.4. The van der Waals surface area contributed by atoms with Crippen LogP contribution in [0.1, 0.15) is 22.6 Å². The maximum atomic E-state index is 13.3. The number of aryl methyl sites for hydroxylation is 2. The van der Waals surface area contributed by atoms with Gasteiger partial charge < -0.3 is 19.6 Å². The van der Waals surface area contributed by atoms with Crippen molar-refractivity contribution in [1.29, 1.82) is 5.26 Å². The number of hydrogen-bond donors (Lipinski definition) is 1. The van der Waals surface area contributed by atoms with Gasteiger partial charge in [-0.2, -0.15) is 5.26 Å². The fraction of sp³-hybridized carbons (Fsp3) is 0.161. The largest absolute Gasteiger partial charge is 0.466 e. The van der Waals surface area contributed by atoms with Crippen LogP contribution in [0.25, 0.3) is 22.6 Å². The first-order chi connectivity index (χ1) is 19.3. The molecule has 1 unspecified atom stereocenters. The second-order valence-electron chi connectivity index (χ2n) is 9.33. The van der Waals surface area contributed by atoms with Gasteiger partial charge >= 0.3 is 11.9 Å². The molecule has 0 saturated heterocycles. The Balaban J connectivity index is 1.77. The minimum atomic E-state index is -0.950. The van der Waals surface area contributed by atoms with Crippen molar-refractivity contribution in [1.82, 2.24) is 4.98 Å². The number of methoxy groups -OCH3 is 2. The number of carbonyl (C=O) groups is 2. The molecule has 0 amide bonds. The monoisotopic (exact) mass is 534 g/mol. The van der Waals surface area contributed by atoms with E-state index in [1.165, 1.54) is 19.1 Å². The van der Waals surface area contributed by atoms with Crippen LogP contribution in [0, 0.1) is 25.2 Å². The Morgan fingerprint density at radius 3 is 2.30 bits per heavy atom. The standard InChI is InChI=1S/C31H26N4O5/c1-17-10-12-20(13-11-17)29-34-23-15-21(14-18(2)27(23)40-29)35-26(31(37)39-4)25(30(36)38-3)24(22(16-32)28(35)33)19-8-6-5-7-9-19/h5-15,24H,33H2,1-4H3. The molecule has 0 radical (unpaired) electrons. The normalized spacial score (nSPS) is 15.3. The lowest BCUT2D eigenvalue weighted by Gasteiger charge is -2.36. The first-order valence-electron chi connectivity index (χ1n) is 12.4. The Hall–Kier alpha value is -5.36. The van der Waals surface area contributed by atoms with Crippen LogP contribution in [0.2, 0.25) is 0 Å². The molecule has 9 heteroatoms. The van der Waals surface area contributed by atoms with Crippen LogP contribution < -0.4 is 10.6 Å². The molecule has 0 fully saturated rings. The number of ether oxygens (including phenoxy) is 2. The molecule has 9 nitrogen and oxygen atoms in total. The number of nitriles is 1. The van der Waals surface area contributed by atoms with Crippen LogP contribution in [0.4, 0.5) is 5.69 Å². The smallest absolute Gasteiger partial charge is 0.355 e. The van der Waals surface area contributed by atoms with Gasteiger partial charge in [-0.15, -0.1) is 0 Å². The molecule has 1 aromatic heterocycles. The molecule has 1 atom stereocenters. The predicted molar refractivity (Wildman–Crippen MR) is 148 cm³/mol. The second kappa shape index (κ2) is 10.4. The number of esters is 2. The highest BCUT2D eigenvalue weighted by molar-refractivity contribution is 6.06. The number of aromatic nitrogens is 1. The number of anilines is 1. The van der Waals surface area contributed by atoms with Gasteiger partial charge in [0, 0.05) is 5.56 Å². The lowest BCUT2D eigenvalue weighted by molar-refractivity contribution is -0.139. The summed E-state index contributed by atoms with van der Waals surface area (Å²) in [6.07, 6.45) is 0. The molecular weight excluding hydrogens is 508 g/mol. The number of rotatable bonds is 5. The molecule has 0 spiro atoms. The van der Waals surface area contributed by atoms with Crippen LogP contribution in [0.3, 0.4) is 0 Å². The maximum absolute atomic E-state index is 13.3. The van der Waals surface area contributed by atoms with Crippen molar-refractivity contribution >= 4 is 28.7 Å². The number of allylic oxidation sites excluding steroid dienone is 1. The minimum Gasteiger partial charge on any atom is -0.466 e. The lowest BCUT2D eigenvalue weighted by atomic mass is 9.81. The molecule has 2 N–H and O–H groups in total. The van der Waals surface area contributed by atoms with E-state index in [9.17, 15) is 14.9 Å². The van der Waals surface area contributed by atoms with E-state index in [4.69, 9.17) is 19.6 Å². The quantitative estimate of drug-likeness (QED) is 0.351. The molecule has 0 saturated carbocycles. The van der Waals surface area contributed by atoms with E-state index in [2.05, 4.69) is 11.1 Å². The van der Waals surface area contributed by atoms with Crippen molar-refractivity contribution < 1.29 is 23.5 Å². The molecule has 0 bridgehead atoms. The first-order valence-corrected chi connectivity index (χ1v) is 12.4. The van der Waals surface area contributed by atoms with Crippen LogP contribution in [0.5, 0.6) is 0 Å². The Morgan fingerprint density at radius 2 is 1.68 bits per heavy atom. The summed E-state index contributed by atoms with van der Waals surface area (Å²) in [4.78, 5) is 32.6. The van der Waals surface area contributed by atoms with Crippen molar-refractivity contribution in [3.8, 4) is 17.5 Å². The zero-order valence-corrected chi connectivity index (χ0v) is 22.4. The summed E-state index contributed by atoms with van der Waals surface area (Å²) in [7, 11) is 2.42. The van der Waals surface area contributed by atoms with Gasteiger partial charge in [-0.3, -0.25) is 4.90 Å². The molecule has 40 heavy (non-hydrogen) atoms. The molecule has 4 aromatic rings. The number of fused-ring (bicyclic) bond motifs is 1. The average Bonchev–Trinajstić information content (AvgIpc) is 3.41. The summed E-state index contributed by atoms with van der Waals surface area (Å²) in [5.41, 5.74) is 11.2. The highest BCUT2D eigenvalue weighted by Crippen LogP contribution is 2.44. The van der Waals surface area contributed by atoms with E-state index in [0.717, 1.165) is 11.1 Å². The van der Waals surface area contributed by atoms with Gasteiger partial charge in [-0.1, -0.05) is 48.0 Å². The van der Waals surface area contributed by atoms with E-state index >= 15 is 0 Å². The van der Waals surface area contributed by atoms with E-state index < -0.39 is 17.9 Å². The zero-order chi connectivity index (χ0) is 28.6. The van der Waals surface area contributed by atoms with Crippen LogP contribution in [-0.4, -0.2) is 31.1 Å². The average molecular weight is 535 g/mol. The topological polar surface area (TPSA) is 132 Å². The third kappa shape index (κ3) is 4.35. The Kier molecular flexibility index (Phi) is 6.84. The van der Waals surface area contributed by atoms with Crippen molar-refractivity contribution in [3.05, 3.63) is 106 Å². The molecule has 2 heterocycles. The Morgan fingerprint density at radius 1 is 1.00 bits per heavy atom. The fourth-order valence-corrected chi connectivity index (χ4v) is 4.91.